The van der Waals surface area contributed by atoms with Crippen molar-refractivity contribution in [2.45, 2.75) is 18.2 Å². The van der Waals surface area contributed by atoms with Gasteiger partial charge in [0, 0.05) is 17.5 Å². The van der Waals surface area contributed by atoms with Crippen LogP contribution in [0.3, 0.4) is 0 Å². The zero-order chi connectivity index (χ0) is 21.3. The monoisotopic (exact) mass is 422 g/mol. The van der Waals surface area contributed by atoms with E-state index < -0.39 is 10.0 Å². The molecule has 4 rings (SSSR count). The fraction of sp³-hybridized carbons (Fsp3) is 0.0870. The predicted molar refractivity (Wildman–Crippen MR) is 113 cm³/mol. The maximum atomic E-state index is 14.2. The van der Waals surface area contributed by atoms with E-state index >= 15 is 0 Å². The number of sulfonamides is 1. The molecule has 3 aromatic carbocycles. The fourth-order valence-electron chi connectivity index (χ4n) is 3.24. The van der Waals surface area contributed by atoms with Crippen LogP contribution < -0.4 is 5.14 Å². The summed E-state index contributed by atoms with van der Waals surface area (Å²) < 4.78 is 43.4. The van der Waals surface area contributed by atoms with Gasteiger partial charge in [0.2, 0.25) is 10.0 Å². The molecule has 0 fully saturated rings. The number of hydrogen-bond donors (Lipinski definition) is 1. The number of nitrogens with two attached hydrogens (primary N) is 1. The molecule has 0 aliphatic heterocycles. The minimum absolute atomic E-state index is 0.00254. The standard InChI is InChI=1S/C23H19FN2O3S/c1-15-19(8-5-9-20(15)24)23-22(17-10-12-18(13-11-17)30(25,27)28)26-21(29-23)14-16-6-3-2-4-7-16/h2-13H,14H2,1H3,(H2,25,27,28). The Hall–Kier alpha value is -3.29. The minimum atomic E-state index is -3.81. The maximum absolute atomic E-state index is 14.2. The second-order valence-corrected chi connectivity index (χ2v) is 8.49. The lowest BCUT2D eigenvalue weighted by Crippen LogP contribution is -2.11. The minimum Gasteiger partial charge on any atom is -0.440 e. The van der Waals surface area contributed by atoms with E-state index in [0.29, 0.717) is 40.5 Å². The predicted octanol–water partition coefficient (Wildman–Crippen LogP) is 4.69. The van der Waals surface area contributed by atoms with E-state index in [1.807, 2.05) is 30.3 Å². The molecule has 0 radical (unpaired) electrons. The van der Waals surface area contributed by atoms with Crippen molar-refractivity contribution in [3.05, 3.63) is 95.6 Å². The molecule has 2 N–H and O–H groups in total. The average molecular weight is 422 g/mol. The van der Waals surface area contributed by atoms with Gasteiger partial charge in [0.05, 0.1) is 4.90 Å². The van der Waals surface area contributed by atoms with E-state index in [0.717, 1.165) is 5.56 Å². The van der Waals surface area contributed by atoms with E-state index in [2.05, 4.69) is 4.98 Å². The zero-order valence-electron chi connectivity index (χ0n) is 16.2. The summed E-state index contributed by atoms with van der Waals surface area (Å²) in [5, 5.41) is 5.19. The molecule has 0 unspecified atom stereocenters. The van der Waals surface area contributed by atoms with Gasteiger partial charge in [-0.3, -0.25) is 0 Å². The van der Waals surface area contributed by atoms with Crippen molar-refractivity contribution < 1.29 is 17.2 Å². The van der Waals surface area contributed by atoms with E-state index in [1.54, 1.807) is 31.2 Å². The SMILES string of the molecule is Cc1c(F)cccc1-c1oc(Cc2ccccc2)nc1-c1ccc(S(N)(=O)=O)cc1. The second-order valence-electron chi connectivity index (χ2n) is 6.93. The molecule has 0 bridgehead atoms. The highest BCUT2D eigenvalue weighted by Crippen LogP contribution is 2.36. The van der Waals surface area contributed by atoms with E-state index in [1.165, 1.54) is 18.2 Å². The largest absolute Gasteiger partial charge is 0.440 e. The Morgan fingerprint density at radius 1 is 0.967 bits per heavy atom. The molecule has 1 aromatic heterocycles. The number of benzene rings is 3. The van der Waals surface area contributed by atoms with Crippen LogP contribution in [0.4, 0.5) is 4.39 Å². The molecule has 30 heavy (non-hydrogen) atoms. The van der Waals surface area contributed by atoms with Crippen LogP contribution in [-0.4, -0.2) is 13.4 Å². The number of primary sulfonamides is 1. The first-order chi connectivity index (χ1) is 14.3. The topological polar surface area (TPSA) is 86.2 Å². The van der Waals surface area contributed by atoms with Crippen molar-refractivity contribution >= 4 is 10.0 Å². The normalized spacial score (nSPS) is 11.6. The molecule has 152 valence electrons. The third-order valence-corrected chi connectivity index (χ3v) is 5.77. The van der Waals surface area contributed by atoms with Gasteiger partial charge in [-0.2, -0.15) is 0 Å². The van der Waals surface area contributed by atoms with Gasteiger partial charge in [-0.25, -0.2) is 22.9 Å². The Bertz CT molecular complexity index is 1300. The molecule has 7 heteroatoms. The maximum Gasteiger partial charge on any atom is 0.238 e. The van der Waals surface area contributed by atoms with E-state index in [9.17, 15) is 12.8 Å². The molecule has 0 amide bonds. The highest BCUT2D eigenvalue weighted by molar-refractivity contribution is 7.89. The van der Waals surface area contributed by atoms with Crippen LogP contribution in [0.1, 0.15) is 17.0 Å². The smallest absolute Gasteiger partial charge is 0.238 e. The second kappa shape index (κ2) is 7.85. The summed E-state index contributed by atoms with van der Waals surface area (Å²) in [5.41, 5.74) is 3.21. The lowest BCUT2D eigenvalue weighted by atomic mass is 10.0. The van der Waals surface area contributed by atoms with Crippen LogP contribution in [0.15, 0.2) is 82.1 Å². The molecule has 1 heterocycles. The van der Waals surface area contributed by atoms with Crippen molar-refractivity contribution in [1.82, 2.24) is 4.98 Å². The third kappa shape index (κ3) is 4.03. The quantitative estimate of drug-likeness (QED) is 0.505. The molecule has 0 aliphatic rings. The molecule has 4 aromatic rings. The highest BCUT2D eigenvalue weighted by Gasteiger charge is 2.20. The van der Waals surface area contributed by atoms with Crippen molar-refractivity contribution in [2.75, 3.05) is 0 Å². The highest BCUT2D eigenvalue weighted by atomic mass is 32.2. The Morgan fingerprint density at radius 2 is 1.67 bits per heavy atom. The van der Waals surface area contributed by atoms with Crippen molar-refractivity contribution in [3.63, 3.8) is 0 Å². The van der Waals surface area contributed by atoms with Crippen LogP contribution in [0, 0.1) is 12.7 Å². The summed E-state index contributed by atoms with van der Waals surface area (Å²) in [7, 11) is -3.81. The number of halogens is 1. The van der Waals surface area contributed by atoms with Crippen LogP contribution in [-0.2, 0) is 16.4 Å². The summed E-state index contributed by atoms with van der Waals surface area (Å²) in [6.45, 7) is 1.68. The van der Waals surface area contributed by atoms with Crippen molar-refractivity contribution in [3.8, 4) is 22.6 Å². The van der Waals surface area contributed by atoms with Gasteiger partial charge in [0.15, 0.2) is 11.7 Å². The molecular weight excluding hydrogens is 403 g/mol. The van der Waals surface area contributed by atoms with Crippen molar-refractivity contribution in [2.24, 2.45) is 5.14 Å². The van der Waals surface area contributed by atoms with Crippen molar-refractivity contribution in [1.29, 1.82) is 0 Å². The number of oxazole rings is 1. The van der Waals surface area contributed by atoms with Gasteiger partial charge in [0.25, 0.3) is 0 Å². The lowest BCUT2D eigenvalue weighted by molar-refractivity contribution is 0.518. The van der Waals surface area contributed by atoms with Gasteiger partial charge in [-0.15, -0.1) is 0 Å². The number of aromatic nitrogens is 1. The first kappa shape index (κ1) is 20.0. The van der Waals surface area contributed by atoms with E-state index in [4.69, 9.17) is 9.56 Å². The zero-order valence-corrected chi connectivity index (χ0v) is 17.0. The Labute approximate surface area is 174 Å². The summed E-state index contributed by atoms with van der Waals surface area (Å²) in [4.78, 5) is 4.65. The molecule has 0 saturated heterocycles. The van der Waals surface area contributed by atoms with Gasteiger partial charge in [-0.1, -0.05) is 54.6 Å². The first-order valence-corrected chi connectivity index (χ1v) is 10.8. The van der Waals surface area contributed by atoms with Crippen LogP contribution >= 0.6 is 0 Å². The molecule has 0 spiro atoms. The fourth-order valence-corrected chi connectivity index (χ4v) is 3.76. The van der Waals surface area contributed by atoms with Crippen LogP contribution in [0.2, 0.25) is 0 Å². The molecule has 0 atom stereocenters. The summed E-state index contributed by atoms with van der Waals surface area (Å²) in [6, 6.07) is 20.6. The summed E-state index contributed by atoms with van der Waals surface area (Å²) in [6.07, 6.45) is 0.470. The van der Waals surface area contributed by atoms with Gasteiger partial charge in [0.1, 0.15) is 11.5 Å². The van der Waals surface area contributed by atoms with Crippen LogP contribution in [0.25, 0.3) is 22.6 Å². The molecular formula is C23H19FN2O3S. The first-order valence-electron chi connectivity index (χ1n) is 9.25. The molecule has 0 aliphatic carbocycles. The molecule has 5 nitrogen and oxygen atoms in total. The number of rotatable bonds is 5. The Kier molecular flexibility index (Phi) is 5.24. The third-order valence-electron chi connectivity index (χ3n) is 4.84. The van der Waals surface area contributed by atoms with Gasteiger partial charge in [-0.05, 0) is 36.2 Å². The summed E-state index contributed by atoms with van der Waals surface area (Å²) >= 11 is 0. The number of nitrogens with zero attached hydrogens (tertiary/aromatic N) is 1. The molecule has 0 saturated carbocycles. The van der Waals surface area contributed by atoms with Gasteiger partial charge < -0.3 is 4.42 Å². The Morgan fingerprint density at radius 3 is 2.33 bits per heavy atom. The average Bonchev–Trinajstić information content (AvgIpc) is 3.14. The number of hydrogen-bond acceptors (Lipinski definition) is 4. The van der Waals surface area contributed by atoms with E-state index in [-0.39, 0.29) is 10.7 Å². The summed E-state index contributed by atoms with van der Waals surface area (Å²) in [5.74, 6) is 0.565. The van der Waals surface area contributed by atoms with Gasteiger partial charge >= 0.3 is 0 Å². The lowest BCUT2D eigenvalue weighted by Gasteiger charge is -2.06. The Balaban J connectivity index is 1.84. The van der Waals surface area contributed by atoms with Crippen LogP contribution in [0.5, 0.6) is 0 Å².